The van der Waals surface area contributed by atoms with Crippen LogP contribution in [0.25, 0.3) is 0 Å². The van der Waals surface area contributed by atoms with Crippen molar-refractivity contribution in [3.05, 3.63) is 48.2 Å². The minimum absolute atomic E-state index is 0.0469. The number of hydrogen-bond acceptors (Lipinski definition) is 4. The van der Waals surface area contributed by atoms with E-state index in [2.05, 4.69) is 36.1 Å². The molecular formula is C16H21FN4. The zero-order chi connectivity index (χ0) is 15.5. The van der Waals surface area contributed by atoms with Gasteiger partial charge in [0.1, 0.15) is 5.82 Å². The van der Waals surface area contributed by atoms with E-state index in [9.17, 15) is 4.39 Å². The van der Waals surface area contributed by atoms with Crippen LogP contribution in [-0.4, -0.2) is 22.6 Å². The summed E-state index contributed by atoms with van der Waals surface area (Å²) >= 11 is 0. The molecule has 1 N–H and O–H groups in total. The van der Waals surface area contributed by atoms with Crippen LogP contribution in [-0.2, 0) is 6.54 Å². The molecule has 0 aliphatic heterocycles. The maximum Gasteiger partial charge on any atom is 0.151 e. The van der Waals surface area contributed by atoms with Crippen molar-refractivity contribution in [2.24, 2.45) is 0 Å². The van der Waals surface area contributed by atoms with Crippen LogP contribution in [0.5, 0.6) is 0 Å². The Bertz CT molecular complexity index is 573. The molecule has 1 aromatic carbocycles. The topological polar surface area (TPSA) is 41.1 Å². The molecule has 0 saturated heterocycles. The molecule has 4 nitrogen and oxygen atoms in total. The summed E-state index contributed by atoms with van der Waals surface area (Å²) in [6.07, 6.45) is 3.48. The summed E-state index contributed by atoms with van der Waals surface area (Å²) in [4.78, 5) is 10.7. The Labute approximate surface area is 125 Å². The van der Waals surface area contributed by atoms with Gasteiger partial charge in [0.2, 0.25) is 0 Å². The molecule has 0 bridgehead atoms. The first-order chi connectivity index (χ1) is 9.85. The Hall–Kier alpha value is -2.01. The number of rotatable bonds is 4. The minimum atomic E-state index is -0.248. The molecule has 0 unspecified atom stereocenters. The van der Waals surface area contributed by atoms with Crippen LogP contribution in [0, 0.1) is 5.82 Å². The first-order valence-corrected chi connectivity index (χ1v) is 6.90. The summed E-state index contributed by atoms with van der Waals surface area (Å²) in [5.74, 6) is 0.475. The Kier molecular flexibility index (Phi) is 4.53. The van der Waals surface area contributed by atoms with Gasteiger partial charge in [-0.15, -0.1) is 0 Å². The second-order valence-electron chi connectivity index (χ2n) is 6.00. The second kappa shape index (κ2) is 6.18. The number of benzene rings is 1. The van der Waals surface area contributed by atoms with Crippen molar-refractivity contribution in [2.45, 2.75) is 32.9 Å². The van der Waals surface area contributed by atoms with Gasteiger partial charge in [-0.1, -0.05) is 0 Å². The van der Waals surface area contributed by atoms with Crippen molar-refractivity contribution < 1.29 is 4.39 Å². The Morgan fingerprint density at radius 2 is 1.76 bits per heavy atom. The first kappa shape index (κ1) is 15.4. The lowest BCUT2D eigenvalue weighted by Crippen LogP contribution is -2.35. The predicted octanol–water partition coefficient (Wildman–Crippen LogP) is 3.27. The number of nitrogens with one attached hydrogen (secondary N) is 1. The third-order valence-electron chi connectivity index (χ3n) is 3.05. The number of hydrogen-bond donors (Lipinski definition) is 1. The quantitative estimate of drug-likeness (QED) is 0.937. The molecule has 21 heavy (non-hydrogen) atoms. The van der Waals surface area contributed by atoms with Crippen LogP contribution in [0.3, 0.4) is 0 Å². The van der Waals surface area contributed by atoms with Crippen molar-refractivity contribution in [2.75, 3.05) is 11.9 Å². The fourth-order valence-corrected chi connectivity index (χ4v) is 1.77. The zero-order valence-electron chi connectivity index (χ0n) is 12.9. The van der Waals surface area contributed by atoms with Gasteiger partial charge >= 0.3 is 0 Å². The van der Waals surface area contributed by atoms with Crippen LogP contribution in [0.15, 0.2) is 36.7 Å². The molecule has 0 spiro atoms. The highest BCUT2D eigenvalue weighted by Crippen LogP contribution is 2.20. The van der Waals surface area contributed by atoms with Gasteiger partial charge in [-0.05, 0) is 45.0 Å². The molecule has 1 aromatic heterocycles. The molecule has 5 heteroatoms. The lowest BCUT2D eigenvalue weighted by Gasteiger charge is -2.21. The fraction of sp³-hybridized carbons (Fsp3) is 0.375. The molecule has 0 fully saturated rings. The highest BCUT2D eigenvalue weighted by atomic mass is 19.1. The van der Waals surface area contributed by atoms with E-state index in [4.69, 9.17) is 0 Å². The second-order valence-corrected chi connectivity index (χ2v) is 6.00. The molecular weight excluding hydrogens is 267 g/mol. The molecule has 0 radical (unpaired) electrons. The average Bonchev–Trinajstić information content (AvgIpc) is 2.45. The highest BCUT2D eigenvalue weighted by Gasteiger charge is 2.10. The Morgan fingerprint density at radius 1 is 1.10 bits per heavy atom. The van der Waals surface area contributed by atoms with E-state index in [1.165, 1.54) is 12.1 Å². The largest absolute Gasteiger partial charge is 0.328 e. The molecule has 0 aliphatic rings. The first-order valence-electron chi connectivity index (χ1n) is 6.90. The smallest absolute Gasteiger partial charge is 0.151 e. The molecule has 0 atom stereocenters. The van der Waals surface area contributed by atoms with Crippen LogP contribution in [0.1, 0.15) is 26.5 Å². The number of aromatic nitrogens is 2. The van der Waals surface area contributed by atoms with Gasteiger partial charge in [-0.3, -0.25) is 4.98 Å². The van der Waals surface area contributed by atoms with Crippen LogP contribution < -0.4 is 10.2 Å². The van der Waals surface area contributed by atoms with E-state index in [1.54, 1.807) is 24.5 Å². The van der Waals surface area contributed by atoms with Crippen molar-refractivity contribution in [1.29, 1.82) is 0 Å². The van der Waals surface area contributed by atoms with Crippen molar-refractivity contribution in [3.63, 3.8) is 0 Å². The molecule has 0 aliphatic carbocycles. The molecule has 0 saturated carbocycles. The normalized spacial score (nSPS) is 11.5. The molecule has 2 aromatic rings. The molecule has 112 valence electrons. The number of nitrogens with zero attached hydrogens (tertiary/aromatic N) is 3. The minimum Gasteiger partial charge on any atom is -0.328 e. The van der Waals surface area contributed by atoms with Crippen molar-refractivity contribution in [3.8, 4) is 0 Å². The van der Waals surface area contributed by atoms with Gasteiger partial charge in [0.15, 0.2) is 5.82 Å². The van der Waals surface area contributed by atoms with Crippen LogP contribution in [0.2, 0.25) is 0 Å². The number of anilines is 2. The van der Waals surface area contributed by atoms with Crippen LogP contribution in [0.4, 0.5) is 15.9 Å². The van der Waals surface area contributed by atoms with E-state index in [0.717, 1.165) is 17.2 Å². The van der Waals surface area contributed by atoms with E-state index >= 15 is 0 Å². The summed E-state index contributed by atoms with van der Waals surface area (Å²) in [7, 11) is 1.88. The summed E-state index contributed by atoms with van der Waals surface area (Å²) in [5.41, 5.74) is 1.80. The van der Waals surface area contributed by atoms with Gasteiger partial charge in [-0.2, -0.15) is 0 Å². The zero-order valence-corrected chi connectivity index (χ0v) is 12.9. The van der Waals surface area contributed by atoms with E-state index in [0.29, 0.717) is 6.54 Å². The van der Waals surface area contributed by atoms with Gasteiger partial charge in [-0.25, -0.2) is 9.37 Å². The average molecular weight is 288 g/mol. The highest BCUT2D eigenvalue weighted by molar-refractivity contribution is 5.57. The lowest BCUT2D eigenvalue weighted by molar-refractivity contribution is 0.421. The van der Waals surface area contributed by atoms with E-state index < -0.39 is 0 Å². The van der Waals surface area contributed by atoms with E-state index in [1.807, 2.05) is 11.9 Å². The molecule has 0 amide bonds. The summed E-state index contributed by atoms with van der Waals surface area (Å²) in [6.45, 7) is 7.00. The lowest BCUT2D eigenvalue weighted by atomic mass is 10.1. The number of halogens is 1. The van der Waals surface area contributed by atoms with E-state index in [-0.39, 0.29) is 11.4 Å². The standard InChI is InChI=1S/C16H21FN4/c1-16(2,3)20-10-13-9-19-15(11-18-13)21(4)14-7-5-12(17)6-8-14/h5-9,11,20H,10H2,1-4H3. The Morgan fingerprint density at radius 3 is 2.29 bits per heavy atom. The molecule has 2 rings (SSSR count). The maximum absolute atomic E-state index is 12.9. The summed E-state index contributed by atoms with van der Waals surface area (Å²) in [5, 5.41) is 3.37. The van der Waals surface area contributed by atoms with Crippen molar-refractivity contribution in [1.82, 2.24) is 15.3 Å². The third-order valence-corrected chi connectivity index (χ3v) is 3.05. The summed E-state index contributed by atoms with van der Waals surface area (Å²) in [6, 6.07) is 6.29. The SMILES string of the molecule is CN(c1ccc(F)cc1)c1cnc(CNC(C)(C)C)cn1. The van der Waals surface area contributed by atoms with Crippen molar-refractivity contribution >= 4 is 11.5 Å². The Balaban J connectivity index is 2.06. The van der Waals surface area contributed by atoms with Gasteiger partial charge in [0.25, 0.3) is 0 Å². The van der Waals surface area contributed by atoms with Gasteiger partial charge in [0.05, 0.1) is 18.1 Å². The summed E-state index contributed by atoms with van der Waals surface area (Å²) < 4.78 is 12.9. The van der Waals surface area contributed by atoms with Crippen LogP contribution >= 0.6 is 0 Å². The predicted molar refractivity (Wildman–Crippen MR) is 83.1 cm³/mol. The van der Waals surface area contributed by atoms with Gasteiger partial charge < -0.3 is 10.2 Å². The monoisotopic (exact) mass is 288 g/mol. The van der Waals surface area contributed by atoms with Gasteiger partial charge in [0, 0.05) is 24.8 Å². The fourth-order valence-electron chi connectivity index (χ4n) is 1.77. The third kappa shape index (κ3) is 4.49. The maximum atomic E-state index is 12.9. The molecule has 1 heterocycles.